The van der Waals surface area contributed by atoms with Gasteiger partial charge < -0.3 is 15.1 Å². The second-order valence-electron chi connectivity index (χ2n) is 8.15. The highest BCUT2D eigenvalue weighted by Crippen LogP contribution is 2.24. The van der Waals surface area contributed by atoms with Crippen LogP contribution >= 0.6 is 0 Å². The van der Waals surface area contributed by atoms with Crippen LogP contribution in [0, 0.1) is 5.92 Å². The van der Waals surface area contributed by atoms with Crippen molar-refractivity contribution >= 4 is 23.0 Å². The van der Waals surface area contributed by atoms with Crippen LogP contribution in [0.1, 0.15) is 49.5 Å². The van der Waals surface area contributed by atoms with Gasteiger partial charge >= 0.3 is 0 Å². The van der Waals surface area contributed by atoms with Crippen LogP contribution in [0.25, 0.3) is 0 Å². The van der Waals surface area contributed by atoms with Gasteiger partial charge in [-0.2, -0.15) is 0 Å². The molecule has 1 atom stereocenters. The lowest BCUT2D eigenvalue weighted by Gasteiger charge is -2.30. The first-order chi connectivity index (χ1) is 13.7. The third-order valence-electron chi connectivity index (χ3n) is 5.80. The highest BCUT2D eigenvalue weighted by Gasteiger charge is 2.23. The number of anilines is 3. The summed E-state index contributed by atoms with van der Waals surface area (Å²) in [6.45, 7) is 6.17. The molecule has 2 fully saturated rings. The number of amides is 1. The molecule has 3 heterocycles. The molecule has 5 nitrogen and oxygen atoms in total. The Labute approximate surface area is 167 Å². The van der Waals surface area contributed by atoms with E-state index in [0.717, 1.165) is 44.0 Å². The summed E-state index contributed by atoms with van der Waals surface area (Å²) in [5.74, 6) is 0.605. The second kappa shape index (κ2) is 8.63. The number of pyridine rings is 1. The Morgan fingerprint density at radius 3 is 2.54 bits per heavy atom. The number of carbonyl (C=O) groups is 1. The first kappa shape index (κ1) is 18.8. The standard InChI is InChI=1S/C23H30N4O/c1-18-6-5-15-27(17-18)23(28)22-16-20(11-12-24-22)25-19-7-9-21(10-8-19)26-13-3-2-4-14-26/h7-12,16,18H,2-6,13-15,17H2,1H3,(H,24,25). The highest BCUT2D eigenvalue weighted by molar-refractivity contribution is 5.93. The lowest BCUT2D eigenvalue weighted by atomic mass is 10.00. The Morgan fingerprint density at radius 1 is 1.00 bits per heavy atom. The molecule has 28 heavy (non-hydrogen) atoms. The number of rotatable bonds is 4. The highest BCUT2D eigenvalue weighted by atomic mass is 16.2. The summed E-state index contributed by atoms with van der Waals surface area (Å²) in [4.78, 5) is 21.5. The molecule has 0 bridgehead atoms. The van der Waals surface area contributed by atoms with Crippen molar-refractivity contribution in [3.05, 3.63) is 48.3 Å². The van der Waals surface area contributed by atoms with Crippen LogP contribution in [-0.2, 0) is 0 Å². The van der Waals surface area contributed by atoms with E-state index in [4.69, 9.17) is 0 Å². The van der Waals surface area contributed by atoms with Crippen LogP contribution in [0.2, 0.25) is 0 Å². The molecular formula is C23H30N4O. The first-order valence-corrected chi connectivity index (χ1v) is 10.6. The molecule has 1 amide bonds. The average Bonchev–Trinajstić information content (AvgIpc) is 2.75. The van der Waals surface area contributed by atoms with E-state index >= 15 is 0 Å². The normalized spacial score (nSPS) is 20.1. The lowest BCUT2D eigenvalue weighted by molar-refractivity contribution is 0.0677. The van der Waals surface area contributed by atoms with Gasteiger partial charge in [0, 0.05) is 49.4 Å². The topological polar surface area (TPSA) is 48.5 Å². The van der Waals surface area contributed by atoms with Gasteiger partial charge in [0.15, 0.2) is 0 Å². The molecule has 4 rings (SSSR count). The van der Waals surface area contributed by atoms with Crippen molar-refractivity contribution in [1.82, 2.24) is 9.88 Å². The van der Waals surface area contributed by atoms with E-state index < -0.39 is 0 Å². The van der Waals surface area contributed by atoms with E-state index in [2.05, 4.69) is 46.4 Å². The van der Waals surface area contributed by atoms with Gasteiger partial charge in [0.2, 0.25) is 0 Å². The van der Waals surface area contributed by atoms with E-state index in [-0.39, 0.29) is 5.91 Å². The minimum Gasteiger partial charge on any atom is -0.372 e. The minimum atomic E-state index is 0.0376. The average molecular weight is 379 g/mol. The quantitative estimate of drug-likeness (QED) is 0.839. The Balaban J connectivity index is 1.42. The fourth-order valence-corrected chi connectivity index (χ4v) is 4.24. The molecule has 1 unspecified atom stereocenters. The molecule has 2 aromatic rings. The van der Waals surface area contributed by atoms with Gasteiger partial charge in [-0.15, -0.1) is 0 Å². The zero-order chi connectivity index (χ0) is 19.3. The van der Waals surface area contributed by atoms with Gasteiger partial charge in [-0.25, -0.2) is 0 Å². The Bertz CT molecular complexity index is 799. The molecule has 0 saturated carbocycles. The molecule has 0 aliphatic carbocycles. The molecule has 2 aliphatic rings. The van der Waals surface area contributed by atoms with Crippen LogP contribution in [0.3, 0.4) is 0 Å². The monoisotopic (exact) mass is 378 g/mol. The van der Waals surface area contributed by atoms with Gasteiger partial charge in [0.1, 0.15) is 5.69 Å². The zero-order valence-corrected chi connectivity index (χ0v) is 16.7. The summed E-state index contributed by atoms with van der Waals surface area (Å²) in [5.41, 5.74) is 3.73. The van der Waals surface area contributed by atoms with E-state index in [0.29, 0.717) is 11.6 Å². The van der Waals surface area contributed by atoms with Gasteiger partial charge in [0.05, 0.1) is 0 Å². The fraction of sp³-hybridized carbons (Fsp3) is 0.478. The van der Waals surface area contributed by atoms with Crippen molar-refractivity contribution in [2.24, 2.45) is 5.92 Å². The molecule has 0 radical (unpaired) electrons. The van der Waals surface area contributed by atoms with Crippen molar-refractivity contribution in [1.29, 1.82) is 0 Å². The van der Waals surface area contributed by atoms with Crippen LogP contribution < -0.4 is 10.2 Å². The smallest absolute Gasteiger partial charge is 0.272 e. The zero-order valence-electron chi connectivity index (χ0n) is 16.7. The summed E-state index contributed by atoms with van der Waals surface area (Å²) in [6, 6.07) is 12.3. The maximum Gasteiger partial charge on any atom is 0.272 e. The molecule has 1 aromatic carbocycles. The largest absolute Gasteiger partial charge is 0.372 e. The number of piperidine rings is 2. The Morgan fingerprint density at radius 2 is 1.79 bits per heavy atom. The summed E-state index contributed by atoms with van der Waals surface area (Å²) < 4.78 is 0. The lowest BCUT2D eigenvalue weighted by Crippen LogP contribution is -2.39. The summed E-state index contributed by atoms with van der Waals surface area (Å²) in [6.07, 6.45) is 7.90. The molecule has 2 aliphatic heterocycles. The summed E-state index contributed by atoms with van der Waals surface area (Å²) in [5, 5.41) is 3.41. The van der Waals surface area contributed by atoms with Crippen molar-refractivity contribution < 1.29 is 4.79 Å². The number of nitrogens with zero attached hydrogens (tertiary/aromatic N) is 3. The van der Waals surface area contributed by atoms with Crippen LogP contribution in [0.4, 0.5) is 17.1 Å². The predicted octanol–water partition coefficient (Wildman–Crippen LogP) is 4.69. The van der Waals surface area contributed by atoms with Crippen LogP contribution in [0.15, 0.2) is 42.6 Å². The number of hydrogen-bond donors (Lipinski definition) is 1. The van der Waals surface area contributed by atoms with Crippen molar-refractivity contribution in [3.63, 3.8) is 0 Å². The van der Waals surface area contributed by atoms with Crippen LogP contribution in [-0.4, -0.2) is 42.0 Å². The van der Waals surface area contributed by atoms with Gasteiger partial charge in [-0.1, -0.05) is 6.92 Å². The number of nitrogens with one attached hydrogen (secondary N) is 1. The molecule has 5 heteroatoms. The predicted molar refractivity (Wildman–Crippen MR) is 114 cm³/mol. The van der Waals surface area contributed by atoms with E-state index in [9.17, 15) is 4.79 Å². The van der Waals surface area contributed by atoms with Crippen molar-refractivity contribution in [3.8, 4) is 0 Å². The third-order valence-corrected chi connectivity index (χ3v) is 5.80. The fourth-order valence-electron chi connectivity index (χ4n) is 4.24. The summed E-state index contributed by atoms with van der Waals surface area (Å²) >= 11 is 0. The SMILES string of the molecule is CC1CCCN(C(=O)c2cc(Nc3ccc(N4CCCCC4)cc3)ccn2)C1. The maximum absolute atomic E-state index is 12.8. The van der Waals surface area contributed by atoms with E-state index in [1.807, 2.05) is 17.0 Å². The molecule has 0 spiro atoms. The molecular weight excluding hydrogens is 348 g/mol. The summed E-state index contributed by atoms with van der Waals surface area (Å²) in [7, 11) is 0. The van der Waals surface area contributed by atoms with Gasteiger partial charge in [-0.3, -0.25) is 9.78 Å². The number of benzene rings is 1. The number of aromatic nitrogens is 1. The minimum absolute atomic E-state index is 0.0376. The van der Waals surface area contributed by atoms with Crippen molar-refractivity contribution in [2.45, 2.75) is 39.0 Å². The van der Waals surface area contributed by atoms with Crippen molar-refractivity contribution in [2.75, 3.05) is 36.4 Å². The molecule has 148 valence electrons. The van der Waals surface area contributed by atoms with Gasteiger partial charge in [0.25, 0.3) is 5.91 Å². The Hall–Kier alpha value is -2.56. The third kappa shape index (κ3) is 4.46. The first-order valence-electron chi connectivity index (χ1n) is 10.6. The van der Waals surface area contributed by atoms with Gasteiger partial charge in [-0.05, 0) is 74.4 Å². The van der Waals surface area contributed by atoms with Crippen LogP contribution in [0.5, 0.6) is 0 Å². The number of hydrogen-bond acceptors (Lipinski definition) is 4. The molecule has 1 aromatic heterocycles. The molecule has 2 saturated heterocycles. The molecule has 1 N–H and O–H groups in total. The number of likely N-dealkylation sites (tertiary alicyclic amines) is 1. The van der Waals surface area contributed by atoms with E-state index in [1.54, 1.807) is 6.20 Å². The second-order valence-corrected chi connectivity index (χ2v) is 8.15. The Kier molecular flexibility index (Phi) is 5.79. The van der Waals surface area contributed by atoms with E-state index in [1.165, 1.54) is 31.4 Å². The maximum atomic E-state index is 12.8. The number of carbonyl (C=O) groups excluding carboxylic acids is 1.